The highest BCUT2D eigenvalue weighted by Gasteiger charge is 2.13. The fraction of sp³-hybridized carbons (Fsp3) is 0.222. The molecule has 0 amide bonds. The number of aliphatic imine (C=N–C) groups is 1. The molecule has 20 heavy (non-hydrogen) atoms. The molecule has 2 nitrogen and oxygen atoms in total. The molecule has 2 rings (SSSR count). The normalized spacial score (nSPS) is 12.0. The third-order valence-electron chi connectivity index (χ3n) is 3.13. The third-order valence-corrected chi connectivity index (χ3v) is 3.13. The van der Waals surface area contributed by atoms with Crippen LogP contribution in [-0.4, -0.2) is 5.71 Å². The first kappa shape index (κ1) is 14.0. The van der Waals surface area contributed by atoms with Gasteiger partial charge in [-0.2, -0.15) is 5.26 Å². The van der Waals surface area contributed by atoms with Crippen molar-refractivity contribution in [3.05, 3.63) is 65.7 Å². The highest BCUT2D eigenvalue weighted by molar-refractivity contribution is 6.12. The number of para-hydroxylation sites is 1. The largest absolute Gasteiger partial charge is 0.237 e. The number of rotatable bonds is 2. The predicted molar refractivity (Wildman–Crippen MR) is 83.4 cm³/mol. The Morgan fingerprint density at radius 1 is 0.950 bits per heavy atom. The lowest BCUT2D eigenvalue weighted by Crippen LogP contribution is -2.11. The van der Waals surface area contributed by atoms with E-state index in [2.05, 4.69) is 44.0 Å². The minimum absolute atomic E-state index is 0.113. The molecule has 0 aromatic heterocycles. The average Bonchev–Trinajstić information content (AvgIpc) is 2.45. The number of benzene rings is 2. The molecule has 0 saturated carbocycles. The smallest absolute Gasteiger partial charge is 0.148 e. The van der Waals surface area contributed by atoms with Crippen molar-refractivity contribution in [3.63, 3.8) is 0 Å². The Bertz CT molecular complexity index is 639. The van der Waals surface area contributed by atoms with Gasteiger partial charge in [-0.15, -0.1) is 0 Å². The molecule has 0 fully saturated rings. The van der Waals surface area contributed by atoms with Crippen LogP contribution in [0.3, 0.4) is 0 Å². The quantitative estimate of drug-likeness (QED) is 0.727. The predicted octanol–water partition coefficient (Wildman–Crippen LogP) is 4.63. The maximum atomic E-state index is 9.29. The summed E-state index contributed by atoms with van der Waals surface area (Å²) in [6.45, 7) is 6.52. The second kappa shape index (κ2) is 5.71. The maximum absolute atomic E-state index is 9.29. The Kier molecular flexibility index (Phi) is 4.00. The van der Waals surface area contributed by atoms with E-state index >= 15 is 0 Å². The molecule has 2 aromatic rings. The number of nitriles is 1. The van der Waals surface area contributed by atoms with E-state index in [-0.39, 0.29) is 5.41 Å². The van der Waals surface area contributed by atoms with Gasteiger partial charge >= 0.3 is 0 Å². The average molecular weight is 262 g/mol. The molecule has 0 saturated heterocycles. The minimum Gasteiger partial charge on any atom is -0.237 e. The molecule has 0 bridgehead atoms. The fourth-order valence-electron chi connectivity index (χ4n) is 1.91. The minimum atomic E-state index is 0.113. The van der Waals surface area contributed by atoms with E-state index in [0.717, 1.165) is 11.3 Å². The summed E-state index contributed by atoms with van der Waals surface area (Å²) in [5, 5.41) is 9.29. The van der Waals surface area contributed by atoms with Crippen LogP contribution in [0.15, 0.2) is 59.6 Å². The van der Waals surface area contributed by atoms with Gasteiger partial charge in [0, 0.05) is 5.56 Å². The lowest BCUT2D eigenvalue weighted by atomic mass is 9.86. The van der Waals surface area contributed by atoms with Crippen molar-refractivity contribution in [2.45, 2.75) is 26.2 Å². The topological polar surface area (TPSA) is 36.1 Å². The Morgan fingerprint density at radius 2 is 1.55 bits per heavy atom. The van der Waals surface area contributed by atoms with Crippen molar-refractivity contribution < 1.29 is 0 Å². The second-order valence-electron chi connectivity index (χ2n) is 5.74. The van der Waals surface area contributed by atoms with Gasteiger partial charge in [-0.3, -0.25) is 0 Å². The Labute approximate surface area is 120 Å². The van der Waals surface area contributed by atoms with Crippen molar-refractivity contribution in [1.29, 1.82) is 5.26 Å². The SMILES string of the molecule is CC(C)(C)c1ccc(C(C#N)=Nc2ccccc2)cc1. The molecule has 0 aliphatic heterocycles. The van der Waals surface area contributed by atoms with Crippen LogP contribution >= 0.6 is 0 Å². The van der Waals surface area contributed by atoms with E-state index in [1.54, 1.807) is 0 Å². The fourth-order valence-corrected chi connectivity index (χ4v) is 1.91. The molecule has 0 spiro atoms. The lowest BCUT2D eigenvalue weighted by Gasteiger charge is -2.18. The van der Waals surface area contributed by atoms with Crippen molar-refractivity contribution in [1.82, 2.24) is 0 Å². The molecule has 0 heterocycles. The molecule has 0 unspecified atom stereocenters. The molecular weight excluding hydrogens is 244 g/mol. The van der Waals surface area contributed by atoms with E-state index in [0.29, 0.717) is 5.71 Å². The van der Waals surface area contributed by atoms with Gasteiger partial charge in [-0.25, -0.2) is 4.99 Å². The number of nitrogens with zero attached hydrogens (tertiary/aromatic N) is 2. The van der Waals surface area contributed by atoms with Crippen LogP contribution in [0, 0.1) is 11.3 Å². The van der Waals surface area contributed by atoms with E-state index in [9.17, 15) is 5.26 Å². The second-order valence-corrected chi connectivity index (χ2v) is 5.74. The third kappa shape index (κ3) is 3.33. The van der Waals surface area contributed by atoms with Crippen LogP contribution in [-0.2, 0) is 5.41 Å². The standard InChI is InChI=1S/C18H18N2/c1-18(2,3)15-11-9-14(10-12-15)17(13-19)20-16-7-5-4-6-8-16/h4-12H,1-3H3. The van der Waals surface area contributed by atoms with E-state index in [1.165, 1.54) is 5.56 Å². The molecule has 2 heteroatoms. The van der Waals surface area contributed by atoms with Crippen molar-refractivity contribution in [2.24, 2.45) is 4.99 Å². The van der Waals surface area contributed by atoms with Gasteiger partial charge in [-0.05, 0) is 23.1 Å². The first-order chi connectivity index (χ1) is 9.50. The van der Waals surface area contributed by atoms with Crippen LogP contribution in [0.4, 0.5) is 5.69 Å². The zero-order valence-electron chi connectivity index (χ0n) is 12.1. The van der Waals surface area contributed by atoms with Gasteiger partial charge in [0.15, 0.2) is 0 Å². The van der Waals surface area contributed by atoms with Gasteiger partial charge in [0.2, 0.25) is 0 Å². The molecule has 0 radical (unpaired) electrons. The van der Waals surface area contributed by atoms with Gasteiger partial charge in [0.25, 0.3) is 0 Å². The van der Waals surface area contributed by atoms with Gasteiger partial charge in [-0.1, -0.05) is 63.2 Å². The molecule has 2 aromatic carbocycles. The van der Waals surface area contributed by atoms with Crippen molar-refractivity contribution in [2.75, 3.05) is 0 Å². The first-order valence-corrected chi connectivity index (χ1v) is 6.65. The highest BCUT2D eigenvalue weighted by atomic mass is 14.7. The summed E-state index contributed by atoms with van der Waals surface area (Å²) in [5.74, 6) is 0. The highest BCUT2D eigenvalue weighted by Crippen LogP contribution is 2.22. The molecule has 0 aliphatic rings. The zero-order valence-corrected chi connectivity index (χ0v) is 12.1. The van der Waals surface area contributed by atoms with Gasteiger partial charge in [0.1, 0.15) is 11.8 Å². The number of hydrogen-bond acceptors (Lipinski definition) is 2. The summed E-state index contributed by atoms with van der Waals surface area (Å²) >= 11 is 0. The Balaban J connectivity index is 2.34. The molecule has 0 atom stereocenters. The first-order valence-electron chi connectivity index (χ1n) is 6.65. The summed E-state index contributed by atoms with van der Waals surface area (Å²) in [5.41, 5.74) is 3.45. The van der Waals surface area contributed by atoms with Crippen molar-refractivity contribution >= 4 is 11.4 Å². The summed E-state index contributed by atoms with van der Waals surface area (Å²) in [6.07, 6.45) is 0. The molecular formula is C18H18N2. The van der Waals surface area contributed by atoms with Crippen LogP contribution in [0.25, 0.3) is 0 Å². The summed E-state index contributed by atoms with van der Waals surface area (Å²) in [4.78, 5) is 4.39. The zero-order chi connectivity index (χ0) is 14.6. The Hall–Kier alpha value is -2.40. The van der Waals surface area contributed by atoms with E-state index < -0.39 is 0 Å². The maximum Gasteiger partial charge on any atom is 0.148 e. The lowest BCUT2D eigenvalue weighted by molar-refractivity contribution is 0.590. The van der Waals surface area contributed by atoms with Gasteiger partial charge < -0.3 is 0 Å². The van der Waals surface area contributed by atoms with Crippen LogP contribution in [0.2, 0.25) is 0 Å². The van der Waals surface area contributed by atoms with E-state index in [4.69, 9.17) is 0 Å². The molecule has 0 aliphatic carbocycles. The van der Waals surface area contributed by atoms with Crippen LogP contribution < -0.4 is 0 Å². The summed E-state index contributed by atoms with van der Waals surface area (Å²) in [7, 11) is 0. The molecule has 100 valence electrons. The summed E-state index contributed by atoms with van der Waals surface area (Å²) < 4.78 is 0. The molecule has 0 N–H and O–H groups in total. The van der Waals surface area contributed by atoms with Crippen LogP contribution in [0.1, 0.15) is 31.9 Å². The summed E-state index contributed by atoms with van der Waals surface area (Å²) in [6, 6.07) is 19.8. The van der Waals surface area contributed by atoms with Crippen LogP contribution in [0.5, 0.6) is 0 Å². The Morgan fingerprint density at radius 3 is 2.05 bits per heavy atom. The monoisotopic (exact) mass is 262 g/mol. The van der Waals surface area contributed by atoms with Gasteiger partial charge in [0.05, 0.1) is 5.69 Å². The van der Waals surface area contributed by atoms with Crippen molar-refractivity contribution in [3.8, 4) is 6.07 Å². The van der Waals surface area contributed by atoms with E-state index in [1.807, 2.05) is 42.5 Å². The number of hydrogen-bond donors (Lipinski definition) is 0.